The SMILES string of the molecule is Cc1cc(N2C(=O)CSC2c2ccc(Cl)cc2)ccc1Br. The van der Waals surface area contributed by atoms with Crippen LogP contribution in [0, 0.1) is 6.92 Å². The lowest BCUT2D eigenvalue weighted by molar-refractivity contribution is -0.115. The van der Waals surface area contributed by atoms with Crippen molar-refractivity contribution < 1.29 is 4.79 Å². The normalized spacial score (nSPS) is 18.3. The van der Waals surface area contributed by atoms with Crippen LogP contribution in [0.5, 0.6) is 0 Å². The van der Waals surface area contributed by atoms with Gasteiger partial charge in [-0.2, -0.15) is 0 Å². The lowest BCUT2D eigenvalue weighted by atomic mass is 10.1. The molecule has 1 aliphatic rings. The Labute approximate surface area is 141 Å². The maximum absolute atomic E-state index is 12.3. The minimum absolute atomic E-state index is 0.00958. The van der Waals surface area contributed by atoms with Crippen molar-refractivity contribution in [1.82, 2.24) is 0 Å². The molecule has 1 atom stereocenters. The predicted octanol–water partition coefficient (Wildman–Crippen LogP) is 5.19. The number of rotatable bonds is 2. The van der Waals surface area contributed by atoms with Gasteiger partial charge in [-0.1, -0.05) is 39.7 Å². The Morgan fingerprint density at radius 2 is 1.95 bits per heavy atom. The van der Waals surface area contributed by atoms with Crippen molar-refractivity contribution in [2.24, 2.45) is 0 Å². The van der Waals surface area contributed by atoms with Gasteiger partial charge in [0.2, 0.25) is 5.91 Å². The van der Waals surface area contributed by atoms with Crippen LogP contribution in [0.1, 0.15) is 16.5 Å². The molecule has 1 fully saturated rings. The molecule has 0 bridgehead atoms. The molecule has 0 aliphatic carbocycles. The van der Waals surface area contributed by atoms with Crippen LogP contribution in [-0.4, -0.2) is 11.7 Å². The number of hydrogen-bond acceptors (Lipinski definition) is 2. The van der Waals surface area contributed by atoms with E-state index in [9.17, 15) is 4.79 Å². The van der Waals surface area contributed by atoms with Crippen LogP contribution in [0.15, 0.2) is 46.9 Å². The molecule has 3 rings (SSSR count). The first-order valence-corrected chi connectivity index (χ1v) is 8.73. The van der Waals surface area contributed by atoms with Gasteiger partial charge in [0.25, 0.3) is 0 Å². The van der Waals surface area contributed by atoms with E-state index in [0.29, 0.717) is 10.8 Å². The Kier molecular flexibility index (Phi) is 4.29. The highest BCUT2D eigenvalue weighted by Gasteiger charge is 2.34. The van der Waals surface area contributed by atoms with Gasteiger partial charge < -0.3 is 0 Å². The molecular formula is C16H13BrClNOS. The molecule has 0 saturated carbocycles. The van der Waals surface area contributed by atoms with E-state index in [1.54, 1.807) is 11.8 Å². The summed E-state index contributed by atoms with van der Waals surface area (Å²) < 4.78 is 1.05. The van der Waals surface area contributed by atoms with Crippen LogP contribution in [0.3, 0.4) is 0 Å². The average Bonchev–Trinajstić information content (AvgIpc) is 2.85. The maximum Gasteiger partial charge on any atom is 0.238 e. The summed E-state index contributed by atoms with van der Waals surface area (Å²) in [4.78, 5) is 14.2. The molecule has 1 unspecified atom stereocenters. The van der Waals surface area contributed by atoms with Crippen molar-refractivity contribution in [2.75, 3.05) is 10.7 Å². The summed E-state index contributed by atoms with van der Waals surface area (Å²) in [5.41, 5.74) is 3.15. The van der Waals surface area contributed by atoms with Gasteiger partial charge in [-0.15, -0.1) is 11.8 Å². The van der Waals surface area contributed by atoms with Crippen LogP contribution in [-0.2, 0) is 4.79 Å². The largest absolute Gasteiger partial charge is 0.295 e. The van der Waals surface area contributed by atoms with Crippen molar-refractivity contribution in [2.45, 2.75) is 12.3 Å². The van der Waals surface area contributed by atoms with Crippen LogP contribution < -0.4 is 4.90 Å². The molecular weight excluding hydrogens is 370 g/mol. The van der Waals surface area contributed by atoms with Gasteiger partial charge in [0.1, 0.15) is 5.37 Å². The summed E-state index contributed by atoms with van der Waals surface area (Å²) >= 11 is 11.1. The number of aryl methyl sites for hydroxylation is 1. The zero-order chi connectivity index (χ0) is 15.0. The average molecular weight is 383 g/mol. The highest BCUT2D eigenvalue weighted by Crippen LogP contribution is 2.42. The number of benzene rings is 2. The van der Waals surface area contributed by atoms with Crippen LogP contribution in [0.25, 0.3) is 0 Å². The molecule has 0 radical (unpaired) electrons. The standard InChI is InChI=1S/C16H13BrClNOS/c1-10-8-13(6-7-14(10)17)19-15(20)9-21-16(19)11-2-4-12(18)5-3-11/h2-8,16H,9H2,1H3. The third kappa shape index (κ3) is 2.98. The molecule has 1 saturated heterocycles. The van der Waals surface area contributed by atoms with Crippen molar-refractivity contribution >= 4 is 50.9 Å². The van der Waals surface area contributed by atoms with E-state index < -0.39 is 0 Å². The smallest absolute Gasteiger partial charge is 0.238 e. The van der Waals surface area contributed by atoms with Gasteiger partial charge in [0, 0.05) is 15.2 Å². The Hall–Kier alpha value is -0.970. The number of thioether (sulfide) groups is 1. The van der Waals surface area contributed by atoms with Crippen molar-refractivity contribution in [3.8, 4) is 0 Å². The molecule has 108 valence electrons. The van der Waals surface area contributed by atoms with E-state index in [-0.39, 0.29) is 11.3 Å². The number of carbonyl (C=O) groups is 1. The first kappa shape index (κ1) is 14.9. The fourth-order valence-electron chi connectivity index (χ4n) is 2.36. The molecule has 2 nitrogen and oxygen atoms in total. The Bertz CT molecular complexity index is 689. The van der Waals surface area contributed by atoms with Crippen LogP contribution in [0.2, 0.25) is 5.02 Å². The number of anilines is 1. The van der Waals surface area contributed by atoms with Gasteiger partial charge in [-0.05, 0) is 48.4 Å². The van der Waals surface area contributed by atoms with Crippen molar-refractivity contribution in [1.29, 1.82) is 0 Å². The second-order valence-corrected chi connectivity index (χ2v) is 7.27. The molecule has 5 heteroatoms. The van der Waals surface area contributed by atoms with Crippen LogP contribution >= 0.6 is 39.3 Å². The summed E-state index contributed by atoms with van der Waals surface area (Å²) in [6.07, 6.45) is 0. The fraction of sp³-hybridized carbons (Fsp3) is 0.188. The first-order valence-electron chi connectivity index (χ1n) is 6.51. The van der Waals surface area contributed by atoms with Crippen LogP contribution in [0.4, 0.5) is 5.69 Å². The first-order chi connectivity index (χ1) is 10.1. The zero-order valence-electron chi connectivity index (χ0n) is 11.3. The lowest BCUT2D eigenvalue weighted by Crippen LogP contribution is -2.27. The van der Waals surface area contributed by atoms with Gasteiger partial charge in [-0.3, -0.25) is 9.69 Å². The highest BCUT2D eigenvalue weighted by molar-refractivity contribution is 9.10. The van der Waals surface area contributed by atoms with E-state index in [1.807, 2.05) is 54.3 Å². The number of nitrogens with zero attached hydrogens (tertiary/aromatic N) is 1. The highest BCUT2D eigenvalue weighted by atomic mass is 79.9. The predicted molar refractivity (Wildman–Crippen MR) is 93.0 cm³/mol. The van der Waals surface area contributed by atoms with Crippen molar-refractivity contribution in [3.63, 3.8) is 0 Å². The quantitative estimate of drug-likeness (QED) is 0.712. The Balaban J connectivity index is 1.99. The minimum Gasteiger partial charge on any atom is -0.295 e. The van der Waals surface area contributed by atoms with Crippen molar-refractivity contribution in [3.05, 3.63) is 63.1 Å². The van der Waals surface area contributed by atoms with E-state index in [0.717, 1.165) is 21.3 Å². The second-order valence-electron chi connectivity index (χ2n) is 4.91. The molecule has 1 heterocycles. The topological polar surface area (TPSA) is 20.3 Å². The Morgan fingerprint density at radius 1 is 1.24 bits per heavy atom. The minimum atomic E-state index is 0.00958. The van der Waals surface area contributed by atoms with E-state index in [2.05, 4.69) is 15.9 Å². The molecule has 0 N–H and O–H groups in total. The second kappa shape index (κ2) is 6.03. The Morgan fingerprint density at radius 3 is 2.62 bits per heavy atom. The van der Waals surface area contributed by atoms with Gasteiger partial charge in [0.15, 0.2) is 0 Å². The number of halogens is 2. The van der Waals surface area contributed by atoms with Gasteiger partial charge in [-0.25, -0.2) is 0 Å². The van der Waals surface area contributed by atoms with E-state index in [4.69, 9.17) is 11.6 Å². The summed E-state index contributed by atoms with van der Waals surface area (Å²) in [5, 5.41) is 0.717. The summed E-state index contributed by atoms with van der Waals surface area (Å²) in [5.74, 6) is 0.643. The zero-order valence-corrected chi connectivity index (χ0v) is 14.5. The number of hydrogen-bond donors (Lipinski definition) is 0. The van der Waals surface area contributed by atoms with E-state index in [1.165, 1.54) is 0 Å². The van der Waals surface area contributed by atoms with E-state index >= 15 is 0 Å². The maximum atomic E-state index is 12.3. The molecule has 1 amide bonds. The fourth-order valence-corrected chi connectivity index (χ4v) is 3.91. The molecule has 0 spiro atoms. The van der Waals surface area contributed by atoms with Gasteiger partial charge >= 0.3 is 0 Å². The summed E-state index contributed by atoms with van der Waals surface area (Å²) in [7, 11) is 0. The summed E-state index contributed by atoms with van der Waals surface area (Å²) in [6.45, 7) is 2.03. The third-order valence-electron chi connectivity index (χ3n) is 3.44. The summed E-state index contributed by atoms with van der Waals surface area (Å²) in [6, 6.07) is 13.7. The molecule has 0 aromatic heterocycles. The van der Waals surface area contributed by atoms with Gasteiger partial charge in [0.05, 0.1) is 5.75 Å². The molecule has 21 heavy (non-hydrogen) atoms. The molecule has 2 aromatic carbocycles. The molecule has 2 aromatic rings. The number of amides is 1. The monoisotopic (exact) mass is 381 g/mol. The number of carbonyl (C=O) groups excluding carboxylic acids is 1. The lowest BCUT2D eigenvalue weighted by Gasteiger charge is -2.25. The third-order valence-corrected chi connectivity index (χ3v) is 5.80. The molecule has 1 aliphatic heterocycles.